The van der Waals surface area contributed by atoms with Crippen molar-refractivity contribution in [3.05, 3.63) is 30.3 Å². The van der Waals surface area contributed by atoms with Gasteiger partial charge in [0.15, 0.2) is 0 Å². The Balaban J connectivity index is 2.28. The minimum Gasteiger partial charge on any atom is -0.443 e. The SMILES string of the molecule is CC(C)(C)OC(=O)N(c1ccccc1)C(C=O)C1CC1. The van der Waals surface area contributed by atoms with Crippen LogP contribution in [0.1, 0.15) is 33.6 Å². The maximum absolute atomic E-state index is 12.4. The molecule has 1 amide bonds. The van der Waals surface area contributed by atoms with Gasteiger partial charge in [0.2, 0.25) is 0 Å². The van der Waals surface area contributed by atoms with E-state index in [4.69, 9.17) is 4.74 Å². The molecule has 1 aliphatic rings. The molecule has 1 atom stereocenters. The van der Waals surface area contributed by atoms with E-state index in [1.54, 1.807) is 0 Å². The number of amides is 1. The van der Waals surface area contributed by atoms with E-state index in [0.29, 0.717) is 5.69 Å². The van der Waals surface area contributed by atoms with Crippen LogP contribution in [0, 0.1) is 5.92 Å². The molecular formula is C16H21NO3. The Kier molecular flexibility index (Phi) is 4.12. The smallest absolute Gasteiger partial charge is 0.415 e. The molecule has 0 radical (unpaired) electrons. The summed E-state index contributed by atoms with van der Waals surface area (Å²) in [6, 6.07) is 8.78. The quantitative estimate of drug-likeness (QED) is 0.791. The van der Waals surface area contributed by atoms with E-state index in [-0.39, 0.29) is 5.92 Å². The fraction of sp³-hybridized carbons (Fsp3) is 0.500. The molecule has 108 valence electrons. The van der Waals surface area contributed by atoms with Gasteiger partial charge in [0.25, 0.3) is 0 Å². The molecular weight excluding hydrogens is 254 g/mol. The van der Waals surface area contributed by atoms with E-state index < -0.39 is 17.7 Å². The number of para-hydroxylation sites is 1. The predicted octanol–water partition coefficient (Wildman–Crippen LogP) is 3.41. The molecule has 1 aliphatic carbocycles. The van der Waals surface area contributed by atoms with E-state index in [1.807, 2.05) is 51.1 Å². The first kappa shape index (κ1) is 14.6. The molecule has 2 rings (SSSR count). The highest BCUT2D eigenvalue weighted by atomic mass is 16.6. The first-order valence-electron chi connectivity index (χ1n) is 6.95. The van der Waals surface area contributed by atoms with Gasteiger partial charge in [-0.2, -0.15) is 0 Å². The van der Waals surface area contributed by atoms with Gasteiger partial charge < -0.3 is 9.53 Å². The zero-order valence-electron chi connectivity index (χ0n) is 12.2. The molecule has 20 heavy (non-hydrogen) atoms. The number of hydrogen-bond donors (Lipinski definition) is 0. The van der Waals surface area contributed by atoms with Crippen molar-refractivity contribution in [3.8, 4) is 0 Å². The number of carbonyl (C=O) groups excluding carboxylic acids is 2. The Hall–Kier alpha value is -1.84. The lowest BCUT2D eigenvalue weighted by atomic mass is 10.1. The standard InChI is InChI=1S/C16H21NO3/c1-16(2,3)20-15(19)17(13-7-5-4-6-8-13)14(11-18)12-9-10-12/h4-8,11-12,14H,9-10H2,1-3H3. The van der Waals surface area contributed by atoms with Crippen LogP contribution in [-0.2, 0) is 9.53 Å². The number of ether oxygens (including phenoxy) is 1. The molecule has 1 saturated carbocycles. The van der Waals surface area contributed by atoms with E-state index in [2.05, 4.69) is 0 Å². The topological polar surface area (TPSA) is 46.6 Å². The Morgan fingerprint density at radius 1 is 1.30 bits per heavy atom. The third-order valence-electron chi connectivity index (χ3n) is 3.17. The van der Waals surface area contributed by atoms with Gasteiger partial charge in [-0.3, -0.25) is 4.90 Å². The Bertz CT molecular complexity index is 474. The van der Waals surface area contributed by atoms with Crippen LogP contribution in [0.4, 0.5) is 10.5 Å². The molecule has 0 saturated heterocycles. The average molecular weight is 275 g/mol. The van der Waals surface area contributed by atoms with E-state index >= 15 is 0 Å². The van der Waals surface area contributed by atoms with Crippen molar-refractivity contribution in [2.24, 2.45) is 5.92 Å². The van der Waals surface area contributed by atoms with Gasteiger partial charge in [0, 0.05) is 5.69 Å². The highest BCUT2D eigenvalue weighted by Crippen LogP contribution is 2.36. The monoisotopic (exact) mass is 275 g/mol. The second-order valence-electron chi connectivity index (χ2n) is 6.15. The summed E-state index contributed by atoms with van der Waals surface area (Å²) >= 11 is 0. The number of hydrogen-bond acceptors (Lipinski definition) is 3. The third-order valence-corrected chi connectivity index (χ3v) is 3.17. The highest BCUT2D eigenvalue weighted by molar-refractivity contribution is 5.93. The van der Waals surface area contributed by atoms with Crippen LogP contribution in [-0.4, -0.2) is 24.0 Å². The number of aldehydes is 1. The van der Waals surface area contributed by atoms with Gasteiger partial charge in [-0.1, -0.05) is 18.2 Å². The minimum absolute atomic E-state index is 0.250. The van der Waals surface area contributed by atoms with Crippen LogP contribution in [0.5, 0.6) is 0 Å². The minimum atomic E-state index is -0.582. The highest BCUT2D eigenvalue weighted by Gasteiger charge is 2.39. The number of nitrogens with zero attached hydrogens (tertiary/aromatic N) is 1. The molecule has 4 heteroatoms. The third kappa shape index (κ3) is 3.59. The summed E-state index contributed by atoms with van der Waals surface area (Å²) < 4.78 is 5.44. The van der Waals surface area contributed by atoms with Gasteiger partial charge in [-0.15, -0.1) is 0 Å². The normalized spacial score (nSPS) is 16.4. The number of benzene rings is 1. The van der Waals surface area contributed by atoms with E-state index in [9.17, 15) is 9.59 Å². The molecule has 0 N–H and O–H groups in total. The lowest BCUT2D eigenvalue weighted by Gasteiger charge is -2.31. The van der Waals surface area contributed by atoms with Crippen LogP contribution in [0.3, 0.4) is 0 Å². The van der Waals surface area contributed by atoms with Crippen molar-refractivity contribution in [2.75, 3.05) is 4.90 Å². The van der Waals surface area contributed by atoms with Crippen LogP contribution in [0.25, 0.3) is 0 Å². The van der Waals surface area contributed by atoms with Crippen LogP contribution in [0.15, 0.2) is 30.3 Å². The molecule has 1 unspecified atom stereocenters. The number of rotatable bonds is 4. The first-order chi connectivity index (χ1) is 9.42. The zero-order chi connectivity index (χ0) is 14.8. The second-order valence-corrected chi connectivity index (χ2v) is 6.15. The molecule has 0 aliphatic heterocycles. The van der Waals surface area contributed by atoms with Gasteiger partial charge in [0.05, 0.1) is 6.04 Å². The Morgan fingerprint density at radius 3 is 2.35 bits per heavy atom. The molecule has 1 aromatic rings. The molecule has 1 aromatic carbocycles. The van der Waals surface area contributed by atoms with E-state index in [1.165, 1.54) is 4.90 Å². The van der Waals surface area contributed by atoms with Gasteiger partial charge in [0.1, 0.15) is 11.9 Å². The Morgan fingerprint density at radius 2 is 1.90 bits per heavy atom. The summed E-state index contributed by atoms with van der Waals surface area (Å²) in [4.78, 5) is 25.3. The summed E-state index contributed by atoms with van der Waals surface area (Å²) in [5.74, 6) is 0.250. The molecule has 1 fully saturated rings. The lowest BCUT2D eigenvalue weighted by Crippen LogP contribution is -2.45. The van der Waals surface area contributed by atoms with E-state index in [0.717, 1.165) is 19.1 Å². The van der Waals surface area contributed by atoms with Gasteiger partial charge in [-0.05, 0) is 51.7 Å². The molecule has 0 spiro atoms. The van der Waals surface area contributed by atoms with Gasteiger partial charge >= 0.3 is 6.09 Å². The summed E-state index contributed by atoms with van der Waals surface area (Å²) in [5, 5.41) is 0. The van der Waals surface area contributed by atoms with Crippen molar-refractivity contribution in [1.29, 1.82) is 0 Å². The maximum Gasteiger partial charge on any atom is 0.415 e. The zero-order valence-corrected chi connectivity index (χ0v) is 12.2. The number of carbonyl (C=O) groups is 2. The molecule has 0 aromatic heterocycles. The van der Waals surface area contributed by atoms with Gasteiger partial charge in [-0.25, -0.2) is 4.79 Å². The average Bonchev–Trinajstić information content (AvgIpc) is 3.18. The van der Waals surface area contributed by atoms with Crippen molar-refractivity contribution < 1.29 is 14.3 Å². The van der Waals surface area contributed by atoms with Crippen LogP contribution in [0.2, 0.25) is 0 Å². The largest absolute Gasteiger partial charge is 0.443 e. The van der Waals surface area contributed by atoms with Crippen molar-refractivity contribution >= 4 is 18.1 Å². The fourth-order valence-corrected chi connectivity index (χ4v) is 2.12. The molecule has 0 bridgehead atoms. The summed E-state index contributed by atoms with van der Waals surface area (Å²) in [5.41, 5.74) is 0.118. The summed E-state index contributed by atoms with van der Waals surface area (Å²) in [6.07, 6.45) is 2.35. The van der Waals surface area contributed by atoms with Crippen molar-refractivity contribution in [2.45, 2.75) is 45.3 Å². The fourth-order valence-electron chi connectivity index (χ4n) is 2.12. The first-order valence-corrected chi connectivity index (χ1v) is 6.95. The maximum atomic E-state index is 12.4. The van der Waals surface area contributed by atoms with Crippen molar-refractivity contribution in [3.63, 3.8) is 0 Å². The summed E-state index contributed by atoms with van der Waals surface area (Å²) in [7, 11) is 0. The van der Waals surface area contributed by atoms with Crippen LogP contribution >= 0.6 is 0 Å². The summed E-state index contributed by atoms with van der Waals surface area (Å²) in [6.45, 7) is 5.46. The lowest BCUT2D eigenvalue weighted by molar-refractivity contribution is -0.109. The predicted molar refractivity (Wildman–Crippen MR) is 77.7 cm³/mol. The second kappa shape index (κ2) is 5.65. The van der Waals surface area contributed by atoms with Crippen molar-refractivity contribution in [1.82, 2.24) is 0 Å². The Labute approximate surface area is 119 Å². The van der Waals surface area contributed by atoms with Crippen LogP contribution < -0.4 is 4.90 Å². The molecule has 4 nitrogen and oxygen atoms in total. The number of anilines is 1. The molecule has 0 heterocycles.